The third kappa shape index (κ3) is 5.28. The maximum absolute atomic E-state index is 9.42. The molecule has 3 heterocycles. The Morgan fingerprint density at radius 2 is 1.67 bits per heavy atom. The van der Waals surface area contributed by atoms with E-state index in [2.05, 4.69) is 32.2 Å². The molecule has 8 nitrogen and oxygen atoms in total. The highest BCUT2D eigenvalue weighted by Gasteiger charge is 2.21. The molecule has 0 saturated carbocycles. The third-order valence-electron chi connectivity index (χ3n) is 6.00. The Morgan fingerprint density at radius 1 is 0.909 bits per heavy atom. The average molecular weight is 448 g/mol. The topological polar surface area (TPSA) is 83.0 Å². The summed E-state index contributed by atoms with van der Waals surface area (Å²) in [5.41, 5.74) is 3.36. The number of hydrogen-bond acceptors (Lipinski definition) is 8. The van der Waals surface area contributed by atoms with Gasteiger partial charge in [0.2, 0.25) is 12.7 Å². The second-order valence-corrected chi connectivity index (χ2v) is 8.49. The minimum absolute atomic E-state index is 0.291. The van der Waals surface area contributed by atoms with E-state index in [1.165, 1.54) is 11.1 Å². The van der Waals surface area contributed by atoms with Crippen LogP contribution in [0.4, 0.5) is 11.8 Å². The van der Waals surface area contributed by atoms with Gasteiger partial charge < -0.3 is 24.8 Å². The quantitative estimate of drug-likeness (QED) is 0.571. The van der Waals surface area contributed by atoms with E-state index >= 15 is 0 Å². The number of ether oxygens (including phenoxy) is 2. The number of fused-ring (bicyclic) bond motifs is 1. The van der Waals surface area contributed by atoms with Crippen LogP contribution in [0, 0.1) is 6.92 Å². The number of nitrogens with one attached hydrogen (secondary N) is 1. The highest BCUT2D eigenvalue weighted by molar-refractivity contribution is 5.45. The molecule has 1 saturated heterocycles. The minimum Gasteiger partial charge on any atom is -0.508 e. The maximum atomic E-state index is 9.42. The van der Waals surface area contributed by atoms with Crippen molar-refractivity contribution in [2.75, 3.05) is 49.7 Å². The summed E-state index contributed by atoms with van der Waals surface area (Å²) in [5.74, 6) is 3.58. The number of piperazine rings is 1. The lowest BCUT2D eigenvalue weighted by Gasteiger charge is -2.35. The Hall–Kier alpha value is -3.52. The van der Waals surface area contributed by atoms with Gasteiger partial charge in [-0.25, -0.2) is 4.98 Å². The normalized spacial score (nSPS) is 15.6. The van der Waals surface area contributed by atoms with Crippen molar-refractivity contribution in [3.05, 3.63) is 65.4 Å². The molecular formula is C25H29N5O3. The van der Waals surface area contributed by atoms with Gasteiger partial charge in [-0.1, -0.05) is 18.2 Å². The molecule has 33 heavy (non-hydrogen) atoms. The monoisotopic (exact) mass is 447 g/mol. The third-order valence-corrected chi connectivity index (χ3v) is 6.00. The van der Waals surface area contributed by atoms with Gasteiger partial charge in [-0.05, 0) is 48.7 Å². The number of anilines is 2. The Labute approximate surface area is 193 Å². The van der Waals surface area contributed by atoms with Crippen LogP contribution in [0.1, 0.15) is 16.8 Å². The first-order valence-electron chi connectivity index (χ1n) is 11.4. The highest BCUT2D eigenvalue weighted by atomic mass is 16.7. The van der Waals surface area contributed by atoms with E-state index in [1.54, 1.807) is 12.1 Å². The van der Waals surface area contributed by atoms with Crippen LogP contribution in [0.25, 0.3) is 0 Å². The number of hydrogen-bond donors (Lipinski definition) is 2. The van der Waals surface area contributed by atoms with Crippen LogP contribution < -0.4 is 19.7 Å². The molecule has 0 unspecified atom stereocenters. The summed E-state index contributed by atoms with van der Waals surface area (Å²) in [7, 11) is 0. The zero-order valence-electron chi connectivity index (χ0n) is 18.8. The van der Waals surface area contributed by atoms with Crippen molar-refractivity contribution < 1.29 is 14.6 Å². The van der Waals surface area contributed by atoms with Crippen LogP contribution in [0.2, 0.25) is 0 Å². The number of phenolic OH excluding ortho intramolecular Hbond substituents is 1. The van der Waals surface area contributed by atoms with Gasteiger partial charge in [-0.15, -0.1) is 0 Å². The molecule has 2 aliphatic rings. The van der Waals surface area contributed by atoms with Crippen molar-refractivity contribution in [3.8, 4) is 17.2 Å². The molecule has 2 aliphatic heterocycles. The fraction of sp³-hybridized carbons (Fsp3) is 0.360. The molecule has 0 atom stereocenters. The van der Waals surface area contributed by atoms with E-state index in [1.807, 2.05) is 31.2 Å². The van der Waals surface area contributed by atoms with Gasteiger partial charge >= 0.3 is 0 Å². The van der Waals surface area contributed by atoms with E-state index in [0.29, 0.717) is 12.5 Å². The van der Waals surface area contributed by atoms with Gasteiger partial charge in [0.15, 0.2) is 11.5 Å². The van der Waals surface area contributed by atoms with E-state index < -0.39 is 0 Å². The smallest absolute Gasteiger partial charge is 0.231 e. The first-order valence-corrected chi connectivity index (χ1v) is 11.4. The second kappa shape index (κ2) is 9.54. The van der Waals surface area contributed by atoms with E-state index in [-0.39, 0.29) is 0 Å². The lowest BCUT2D eigenvalue weighted by Crippen LogP contribution is -2.46. The second-order valence-electron chi connectivity index (χ2n) is 8.49. The average Bonchev–Trinajstić information content (AvgIpc) is 3.29. The molecule has 2 aromatic carbocycles. The summed E-state index contributed by atoms with van der Waals surface area (Å²) < 4.78 is 10.9. The SMILES string of the molecule is Cc1cc(NCCc2ccc(O)cc2)nc(N2CCN(Cc3ccc4c(c3)OCO4)CC2)n1. The maximum Gasteiger partial charge on any atom is 0.231 e. The Morgan fingerprint density at radius 3 is 2.48 bits per heavy atom. The Balaban J connectivity index is 1.15. The summed E-state index contributed by atoms with van der Waals surface area (Å²) >= 11 is 0. The van der Waals surface area contributed by atoms with Crippen LogP contribution in [-0.4, -0.2) is 59.5 Å². The minimum atomic E-state index is 0.291. The van der Waals surface area contributed by atoms with Crippen molar-refractivity contribution in [3.63, 3.8) is 0 Å². The lowest BCUT2D eigenvalue weighted by atomic mass is 10.1. The van der Waals surface area contributed by atoms with E-state index in [4.69, 9.17) is 14.5 Å². The number of aromatic nitrogens is 2. The predicted molar refractivity (Wildman–Crippen MR) is 127 cm³/mol. The molecule has 2 N–H and O–H groups in total. The van der Waals surface area contributed by atoms with Crippen molar-refractivity contribution in [2.24, 2.45) is 0 Å². The lowest BCUT2D eigenvalue weighted by molar-refractivity contribution is 0.174. The number of rotatable bonds is 7. The molecule has 3 aromatic rings. The molecule has 0 spiro atoms. The van der Waals surface area contributed by atoms with Gasteiger partial charge in [-0.2, -0.15) is 4.98 Å². The van der Waals surface area contributed by atoms with Crippen molar-refractivity contribution in [2.45, 2.75) is 19.9 Å². The van der Waals surface area contributed by atoms with Gasteiger partial charge in [0.05, 0.1) is 0 Å². The molecule has 5 rings (SSSR count). The Bertz CT molecular complexity index is 1100. The summed E-state index contributed by atoms with van der Waals surface area (Å²) in [5, 5.41) is 12.8. The van der Waals surface area contributed by atoms with Gasteiger partial charge in [-0.3, -0.25) is 4.90 Å². The van der Waals surface area contributed by atoms with Crippen LogP contribution >= 0.6 is 0 Å². The molecule has 1 aromatic heterocycles. The summed E-state index contributed by atoms with van der Waals surface area (Å²) in [6, 6.07) is 15.5. The number of aromatic hydroxyl groups is 1. The van der Waals surface area contributed by atoms with Gasteiger partial charge in [0, 0.05) is 51.0 Å². The first kappa shape index (κ1) is 21.3. The van der Waals surface area contributed by atoms with E-state index in [9.17, 15) is 5.11 Å². The predicted octanol–water partition coefficient (Wildman–Crippen LogP) is 3.20. The molecule has 0 amide bonds. The standard InChI is InChI=1S/C25H29N5O3/c1-18-14-24(26-9-8-19-2-5-21(31)6-3-19)28-25(27-18)30-12-10-29(11-13-30)16-20-4-7-22-23(15-20)33-17-32-22/h2-7,14-15,31H,8-13,16-17H2,1H3,(H,26,27,28). The number of phenols is 1. The Kier molecular flexibility index (Phi) is 6.17. The highest BCUT2D eigenvalue weighted by Crippen LogP contribution is 2.33. The molecule has 172 valence electrons. The fourth-order valence-electron chi connectivity index (χ4n) is 4.19. The van der Waals surface area contributed by atoms with E-state index in [0.717, 1.165) is 74.6 Å². The number of nitrogens with zero attached hydrogens (tertiary/aromatic N) is 4. The zero-order chi connectivity index (χ0) is 22.6. The molecule has 8 heteroatoms. The van der Waals surface area contributed by atoms with Crippen LogP contribution in [0.15, 0.2) is 48.5 Å². The molecular weight excluding hydrogens is 418 g/mol. The van der Waals surface area contributed by atoms with Crippen LogP contribution in [0.5, 0.6) is 17.2 Å². The molecule has 0 bridgehead atoms. The summed E-state index contributed by atoms with van der Waals surface area (Å²) in [6.07, 6.45) is 0.858. The zero-order valence-corrected chi connectivity index (χ0v) is 18.8. The van der Waals surface area contributed by atoms with Gasteiger partial charge in [0.25, 0.3) is 0 Å². The number of aryl methyl sites for hydroxylation is 1. The first-order chi connectivity index (χ1) is 16.1. The summed E-state index contributed by atoms with van der Waals surface area (Å²) in [6.45, 7) is 7.66. The molecule has 0 radical (unpaired) electrons. The van der Waals surface area contributed by atoms with Crippen molar-refractivity contribution in [1.82, 2.24) is 14.9 Å². The van der Waals surface area contributed by atoms with Crippen LogP contribution in [-0.2, 0) is 13.0 Å². The molecule has 0 aliphatic carbocycles. The van der Waals surface area contributed by atoms with Gasteiger partial charge in [0.1, 0.15) is 11.6 Å². The summed E-state index contributed by atoms with van der Waals surface area (Å²) in [4.78, 5) is 14.1. The molecule has 1 fully saturated rings. The van der Waals surface area contributed by atoms with Crippen molar-refractivity contribution >= 4 is 11.8 Å². The number of benzene rings is 2. The fourth-order valence-corrected chi connectivity index (χ4v) is 4.19. The largest absolute Gasteiger partial charge is 0.508 e. The van der Waals surface area contributed by atoms with Crippen LogP contribution in [0.3, 0.4) is 0 Å². The van der Waals surface area contributed by atoms with Crippen molar-refractivity contribution in [1.29, 1.82) is 0 Å².